The molecule has 1 aliphatic carbocycles. The van der Waals surface area contributed by atoms with Gasteiger partial charge in [0.25, 0.3) is 5.91 Å². The number of piperazine rings is 1. The molecule has 2 heterocycles. The molecule has 2 aromatic rings. The van der Waals surface area contributed by atoms with Crippen LogP contribution in [0.4, 0.5) is 11.4 Å². The maximum Gasteiger partial charge on any atom is 0.256 e. The number of anilines is 2. The van der Waals surface area contributed by atoms with Crippen LogP contribution in [0.3, 0.4) is 0 Å². The maximum atomic E-state index is 13.5. The van der Waals surface area contributed by atoms with E-state index in [4.69, 9.17) is 4.74 Å². The van der Waals surface area contributed by atoms with Gasteiger partial charge in [0, 0.05) is 63.1 Å². The summed E-state index contributed by atoms with van der Waals surface area (Å²) < 4.78 is 5.45. The Balaban J connectivity index is 1.31. The Morgan fingerprint density at radius 1 is 0.912 bits per heavy atom. The van der Waals surface area contributed by atoms with Gasteiger partial charge in [-0.15, -0.1) is 0 Å². The SMILES string of the molecule is O=C(Nc1ccc(N2CCN(Cc3ccccc3)CC2)c(C(=O)N2CCOCC2)c1)C1CCC1. The number of carbonyl (C=O) groups is 2. The number of hydrogen-bond donors (Lipinski definition) is 1. The molecule has 3 aliphatic rings. The molecule has 3 fully saturated rings. The molecular weight excluding hydrogens is 428 g/mol. The third-order valence-corrected chi connectivity index (χ3v) is 7.23. The third-order valence-electron chi connectivity index (χ3n) is 7.23. The number of ether oxygens (including phenoxy) is 1. The molecule has 7 nitrogen and oxygen atoms in total. The fraction of sp³-hybridized carbons (Fsp3) is 0.481. The first-order chi connectivity index (χ1) is 16.7. The predicted octanol–water partition coefficient (Wildman–Crippen LogP) is 3.22. The van der Waals surface area contributed by atoms with Gasteiger partial charge in [-0.1, -0.05) is 36.8 Å². The zero-order valence-electron chi connectivity index (χ0n) is 19.7. The van der Waals surface area contributed by atoms with E-state index in [0.717, 1.165) is 57.7 Å². The third kappa shape index (κ3) is 5.26. The summed E-state index contributed by atoms with van der Waals surface area (Å²) in [5.41, 5.74) is 3.66. The average molecular weight is 463 g/mol. The van der Waals surface area contributed by atoms with Crippen molar-refractivity contribution in [2.24, 2.45) is 5.92 Å². The van der Waals surface area contributed by atoms with Crippen LogP contribution in [0.2, 0.25) is 0 Å². The van der Waals surface area contributed by atoms with Crippen molar-refractivity contribution >= 4 is 23.2 Å². The lowest BCUT2D eigenvalue weighted by Crippen LogP contribution is -2.47. The molecule has 1 N–H and O–H groups in total. The summed E-state index contributed by atoms with van der Waals surface area (Å²) in [5.74, 6) is 0.193. The fourth-order valence-electron chi connectivity index (χ4n) is 4.90. The lowest BCUT2D eigenvalue weighted by Gasteiger charge is -2.37. The summed E-state index contributed by atoms with van der Waals surface area (Å²) >= 11 is 0. The van der Waals surface area contributed by atoms with Crippen molar-refractivity contribution in [3.8, 4) is 0 Å². The summed E-state index contributed by atoms with van der Waals surface area (Å²) in [5, 5.41) is 3.05. The standard InChI is InChI=1S/C27H34N4O3/c32-26(22-7-4-8-22)28-23-9-10-25(24(19-23)27(33)31-15-17-34-18-16-31)30-13-11-29(12-14-30)20-21-5-2-1-3-6-21/h1-3,5-6,9-10,19,22H,4,7-8,11-18,20H2,(H,28,32). The first kappa shape index (κ1) is 22.9. The quantitative estimate of drug-likeness (QED) is 0.714. The number of nitrogens with zero attached hydrogens (tertiary/aromatic N) is 3. The molecule has 2 aliphatic heterocycles. The highest BCUT2D eigenvalue weighted by Crippen LogP contribution is 2.30. The van der Waals surface area contributed by atoms with Crippen molar-refractivity contribution in [2.45, 2.75) is 25.8 Å². The van der Waals surface area contributed by atoms with Crippen LogP contribution in [0.1, 0.15) is 35.2 Å². The highest BCUT2D eigenvalue weighted by Gasteiger charge is 2.28. The van der Waals surface area contributed by atoms with E-state index in [1.165, 1.54) is 5.56 Å². The van der Waals surface area contributed by atoms with Crippen molar-refractivity contribution in [1.29, 1.82) is 0 Å². The van der Waals surface area contributed by atoms with Crippen molar-refractivity contribution in [1.82, 2.24) is 9.80 Å². The second-order valence-corrected chi connectivity index (χ2v) is 9.50. The molecule has 1 saturated carbocycles. The van der Waals surface area contributed by atoms with Crippen LogP contribution in [0.5, 0.6) is 0 Å². The monoisotopic (exact) mass is 462 g/mol. The molecule has 34 heavy (non-hydrogen) atoms. The summed E-state index contributed by atoms with van der Waals surface area (Å²) in [7, 11) is 0. The summed E-state index contributed by atoms with van der Waals surface area (Å²) in [6.45, 7) is 6.90. The Morgan fingerprint density at radius 3 is 2.32 bits per heavy atom. The lowest BCUT2D eigenvalue weighted by molar-refractivity contribution is -0.122. The van der Waals surface area contributed by atoms with E-state index in [9.17, 15) is 9.59 Å². The number of benzene rings is 2. The number of rotatable bonds is 6. The van der Waals surface area contributed by atoms with Crippen LogP contribution in [-0.2, 0) is 16.1 Å². The zero-order valence-corrected chi connectivity index (χ0v) is 19.7. The minimum atomic E-state index is 0.0183. The maximum absolute atomic E-state index is 13.5. The molecule has 0 bridgehead atoms. The first-order valence-electron chi connectivity index (χ1n) is 12.5. The van der Waals surface area contributed by atoms with Crippen molar-refractivity contribution in [3.05, 3.63) is 59.7 Å². The Bertz CT molecular complexity index is 994. The van der Waals surface area contributed by atoms with Gasteiger partial charge in [0.1, 0.15) is 0 Å². The molecule has 180 valence electrons. The summed E-state index contributed by atoms with van der Waals surface area (Å²) in [6.07, 6.45) is 3.03. The molecule has 2 aromatic carbocycles. The molecule has 7 heteroatoms. The van der Waals surface area contributed by atoms with E-state index in [1.807, 2.05) is 29.2 Å². The normalized spacial score (nSPS) is 19.5. The summed E-state index contributed by atoms with van der Waals surface area (Å²) in [4.78, 5) is 32.7. The molecule has 0 unspecified atom stereocenters. The van der Waals surface area contributed by atoms with Gasteiger partial charge in [-0.05, 0) is 36.6 Å². The smallest absolute Gasteiger partial charge is 0.256 e. The lowest BCUT2D eigenvalue weighted by atomic mass is 9.85. The van der Waals surface area contributed by atoms with Crippen LogP contribution in [0.15, 0.2) is 48.5 Å². The van der Waals surface area contributed by atoms with Crippen molar-refractivity contribution in [3.63, 3.8) is 0 Å². The molecule has 0 radical (unpaired) electrons. The Kier molecular flexibility index (Phi) is 7.11. The first-order valence-corrected chi connectivity index (χ1v) is 12.5. The van der Waals surface area contributed by atoms with E-state index in [0.29, 0.717) is 37.6 Å². The number of carbonyl (C=O) groups excluding carboxylic acids is 2. The highest BCUT2D eigenvalue weighted by atomic mass is 16.5. The largest absolute Gasteiger partial charge is 0.378 e. The zero-order chi connectivity index (χ0) is 23.3. The Morgan fingerprint density at radius 2 is 1.65 bits per heavy atom. The van der Waals surface area contributed by atoms with Gasteiger partial charge in [-0.3, -0.25) is 14.5 Å². The second-order valence-electron chi connectivity index (χ2n) is 9.50. The van der Waals surface area contributed by atoms with Gasteiger partial charge in [-0.25, -0.2) is 0 Å². The number of amides is 2. The topological polar surface area (TPSA) is 65.1 Å². The predicted molar refractivity (Wildman–Crippen MR) is 133 cm³/mol. The Labute approximate surface area is 201 Å². The molecule has 0 aromatic heterocycles. The van der Waals surface area contributed by atoms with Gasteiger partial charge in [0.15, 0.2) is 0 Å². The van der Waals surface area contributed by atoms with E-state index < -0.39 is 0 Å². The van der Waals surface area contributed by atoms with Gasteiger partial charge in [0.2, 0.25) is 5.91 Å². The number of nitrogens with one attached hydrogen (secondary N) is 1. The Hall–Kier alpha value is -2.90. The molecular formula is C27H34N4O3. The molecule has 0 spiro atoms. The average Bonchev–Trinajstić information content (AvgIpc) is 2.84. The van der Waals surface area contributed by atoms with Gasteiger partial charge in [0.05, 0.1) is 18.8 Å². The van der Waals surface area contributed by atoms with Gasteiger partial charge >= 0.3 is 0 Å². The van der Waals surface area contributed by atoms with E-state index in [1.54, 1.807) is 0 Å². The van der Waals surface area contributed by atoms with Crippen LogP contribution in [0.25, 0.3) is 0 Å². The molecule has 5 rings (SSSR count). The van der Waals surface area contributed by atoms with Gasteiger partial charge < -0.3 is 19.9 Å². The summed E-state index contributed by atoms with van der Waals surface area (Å²) in [6, 6.07) is 16.4. The number of hydrogen-bond acceptors (Lipinski definition) is 5. The fourth-order valence-corrected chi connectivity index (χ4v) is 4.90. The van der Waals surface area contributed by atoms with Crippen LogP contribution in [-0.4, -0.2) is 74.1 Å². The van der Waals surface area contributed by atoms with E-state index in [-0.39, 0.29) is 17.7 Å². The molecule has 0 atom stereocenters. The molecule has 2 saturated heterocycles. The van der Waals surface area contributed by atoms with Crippen LogP contribution >= 0.6 is 0 Å². The number of morpholine rings is 1. The van der Waals surface area contributed by atoms with E-state index in [2.05, 4.69) is 39.4 Å². The van der Waals surface area contributed by atoms with Crippen LogP contribution in [0, 0.1) is 5.92 Å². The van der Waals surface area contributed by atoms with Crippen molar-refractivity contribution < 1.29 is 14.3 Å². The van der Waals surface area contributed by atoms with E-state index >= 15 is 0 Å². The van der Waals surface area contributed by atoms with Gasteiger partial charge in [-0.2, -0.15) is 0 Å². The molecule has 2 amide bonds. The minimum Gasteiger partial charge on any atom is -0.378 e. The minimum absolute atomic E-state index is 0.0183. The highest BCUT2D eigenvalue weighted by molar-refractivity contribution is 6.02. The van der Waals surface area contributed by atoms with Crippen molar-refractivity contribution in [2.75, 3.05) is 62.7 Å². The second kappa shape index (κ2) is 10.6. The van der Waals surface area contributed by atoms with Crippen LogP contribution < -0.4 is 10.2 Å².